The van der Waals surface area contributed by atoms with Crippen LogP contribution in [0.1, 0.15) is 39.2 Å². The molecule has 2 amide bonds. The molecule has 0 saturated carbocycles. The van der Waals surface area contributed by atoms with Crippen LogP contribution >= 0.6 is 0 Å². The SMILES string of the molecule is COC(=O)CCC(NC(=O)OCc1ccccc1)C(=O)N(CC(=O)OC(C)(C)C)CC(OC)OC. The van der Waals surface area contributed by atoms with Gasteiger partial charge in [-0.1, -0.05) is 30.3 Å². The van der Waals surface area contributed by atoms with Crippen LogP contribution in [-0.2, 0) is 44.7 Å². The first-order chi connectivity index (χ1) is 16.5. The number of esters is 2. The Morgan fingerprint density at radius 1 is 0.971 bits per heavy atom. The zero-order chi connectivity index (χ0) is 26.4. The standard InChI is InChI=1S/C24H36N2O9/c1-24(2,3)35-20(28)14-26(15-21(32-5)33-6)22(29)18(12-13-19(27)31-4)25-23(30)34-16-17-10-8-7-9-11-17/h7-11,18,21H,12-16H2,1-6H3,(H,25,30). The number of alkyl carbamates (subject to hydrolysis) is 1. The van der Waals surface area contributed by atoms with Gasteiger partial charge in [0, 0.05) is 20.6 Å². The molecule has 0 bridgehead atoms. The van der Waals surface area contributed by atoms with Gasteiger partial charge in [0.1, 0.15) is 24.8 Å². The lowest BCUT2D eigenvalue weighted by molar-refractivity contribution is -0.164. The molecule has 0 heterocycles. The second kappa shape index (κ2) is 14.9. The predicted molar refractivity (Wildman–Crippen MR) is 125 cm³/mol. The Morgan fingerprint density at radius 2 is 1.60 bits per heavy atom. The van der Waals surface area contributed by atoms with Crippen LogP contribution in [0.2, 0.25) is 0 Å². The largest absolute Gasteiger partial charge is 0.469 e. The second-order valence-electron chi connectivity index (χ2n) is 8.58. The Balaban J connectivity index is 3.02. The summed E-state index contributed by atoms with van der Waals surface area (Å²) < 4.78 is 25.5. The fourth-order valence-corrected chi connectivity index (χ4v) is 2.94. The highest BCUT2D eigenvalue weighted by molar-refractivity contribution is 5.89. The van der Waals surface area contributed by atoms with Gasteiger partial charge in [-0.05, 0) is 32.8 Å². The molecule has 1 aromatic carbocycles. The number of methoxy groups -OCH3 is 3. The fraction of sp³-hybridized carbons (Fsp3) is 0.583. The van der Waals surface area contributed by atoms with Crippen molar-refractivity contribution in [2.45, 2.75) is 58.2 Å². The van der Waals surface area contributed by atoms with E-state index in [2.05, 4.69) is 10.1 Å². The van der Waals surface area contributed by atoms with Gasteiger partial charge >= 0.3 is 18.0 Å². The number of nitrogens with zero attached hydrogens (tertiary/aromatic N) is 1. The Hall–Kier alpha value is -3.18. The smallest absolute Gasteiger partial charge is 0.408 e. The highest BCUT2D eigenvalue weighted by Crippen LogP contribution is 2.11. The Kier molecular flexibility index (Phi) is 12.7. The van der Waals surface area contributed by atoms with Gasteiger partial charge in [-0.15, -0.1) is 0 Å². The molecule has 1 N–H and O–H groups in total. The molecular weight excluding hydrogens is 460 g/mol. The van der Waals surface area contributed by atoms with Crippen molar-refractivity contribution in [1.29, 1.82) is 0 Å². The molecule has 0 radical (unpaired) electrons. The van der Waals surface area contributed by atoms with Crippen molar-refractivity contribution in [2.75, 3.05) is 34.4 Å². The van der Waals surface area contributed by atoms with Crippen molar-refractivity contribution in [1.82, 2.24) is 10.2 Å². The third-order valence-electron chi connectivity index (χ3n) is 4.61. The minimum absolute atomic E-state index is 0.0123. The van der Waals surface area contributed by atoms with Crippen molar-refractivity contribution in [3.05, 3.63) is 35.9 Å². The van der Waals surface area contributed by atoms with Crippen molar-refractivity contribution in [3.8, 4) is 0 Å². The number of amides is 2. The zero-order valence-corrected chi connectivity index (χ0v) is 21.2. The predicted octanol–water partition coefficient (Wildman–Crippen LogP) is 2.02. The van der Waals surface area contributed by atoms with Crippen molar-refractivity contribution >= 4 is 23.9 Å². The average Bonchev–Trinajstić information content (AvgIpc) is 2.81. The van der Waals surface area contributed by atoms with Gasteiger partial charge in [0.2, 0.25) is 5.91 Å². The monoisotopic (exact) mass is 496 g/mol. The van der Waals surface area contributed by atoms with Crippen LogP contribution in [-0.4, -0.2) is 81.2 Å². The molecule has 0 aliphatic rings. The van der Waals surface area contributed by atoms with Crippen molar-refractivity contribution in [3.63, 3.8) is 0 Å². The zero-order valence-electron chi connectivity index (χ0n) is 21.2. The van der Waals surface area contributed by atoms with Crippen LogP contribution < -0.4 is 5.32 Å². The molecular formula is C24H36N2O9. The molecule has 35 heavy (non-hydrogen) atoms. The van der Waals surface area contributed by atoms with E-state index in [0.29, 0.717) is 0 Å². The maximum absolute atomic E-state index is 13.4. The lowest BCUT2D eigenvalue weighted by atomic mass is 10.1. The molecule has 11 nitrogen and oxygen atoms in total. The van der Waals surface area contributed by atoms with E-state index in [0.717, 1.165) is 10.5 Å². The minimum Gasteiger partial charge on any atom is -0.469 e. The molecule has 0 spiro atoms. The summed E-state index contributed by atoms with van der Waals surface area (Å²) in [5, 5.41) is 2.48. The number of benzene rings is 1. The summed E-state index contributed by atoms with van der Waals surface area (Å²) in [6.07, 6.45) is -1.93. The summed E-state index contributed by atoms with van der Waals surface area (Å²) in [4.78, 5) is 51.2. The molecule has 0 aliphatic carbocycles. The Labute approximate surface area is 206 Å². The number of rotatable bonds is 13. The van der Waals surface area contributed by atoms with E-state index in [1.807, 2.05) is 6.07 Å². The summed E-state index contributed by atoms with van der Waals surface area (Å²) in [6, 6.07) is 7.81. The number of hydrogen-bond acceptors (Lipinski definition) is 9. The van der Waals surface area contributed by atoms with Gasteiger partial charge in [-0.3, -0.25) is 14.4 Å². The normalized spacial score (nSPS) is 12.0. The maximum Gasteiger partial charge on any atom is 0.408 e. The van der Waals surface area contributed by atoms with E-state index in [1.165, 1.54) is 21.3 Å². The van der Waals surface area contributed by atoms with Gasteiger partial charge in [0.25, 0.3) is 0 Å². The fourth-order valence-electron chi connectivity index (χ4n) is 2.94. The number of hydrogen-bond donors (Lipinski definition) is 1. The van der Waals surface area contributed by atoms with E-state index in [9.17, 15) is 19.2 Å². The average molecular weight is 497 g/mol. The van der Waals surface area contributed by atoms with Gasteiger partial charge < -0.3 is 33.9 Å². The molecule has 0 aromatic heterocycles. The lowest BCUT2D eigenvalue weighted by Crippen LogP contribution is -2.52. The second-order valence-corrected chi connectivity index (χ2v) is 8.58. The Bertz CT molecular complexity index is 820. The quantitative estimate of drug-likeness (QED) is 0.248. The summed E-state index contributed by atoms with van der Waals surface area (Å²) in [5.41, 5.74) is -0.00742. The molecule has 0 saturated heterocycles. The summed E-state index contributed by atoms with van der Waals surface area (Å²) in [5.74, 6) is -1.86. The number of carbonyl (C=O) groups excluding carboxylic acids is 4. The van der Waals surface area contributed by atoms with Gasteiger partial charge in [0.15, 0.2) is 6.29 Å². The van der Waals surface area contributed by atoms with E-state index >= 15 is 0 Å². The first kappa shape index (κ1) is 29.9. The maximum atomic E-state index is 13.4. The molecule has 11 heteroatoms. The van der Waals surface area contributed by atoms with E-state index < -0.39 is 48.4 Å². The first-order valence-corrected chi connectivity index (χ1v) is 11.1. The number of ether oxygens (including phenoxy) is 5. The molecule has 1 atom stereocenters. The summed E-state index contributed by atoms with van der Waals surface area (Å²) in [7, 11) is 3.99. The van der Waals surface area contributed by atoms with Crippen LogP contribution in [0.5, 0.6) is 0 Å². The highest BCUT2D eigenvalue weighted by atomic mass is 16.7. The lowest BCUT2D eigenvalue weighted by Gasteiger charge is -2.30. The summed E-state index contributed by atoms with van der Waals surface area (Å²) >= 11 is 0. The van der Waals surface area contributed by atoms with Gasteiger partial charge in [-0.2, -0.15) is 0 Å². The van der Waals surface area contributed by atoms with Gasteiger partial charge in [-0.25, -0.2) is 4.79 Å². The third-order valence-corrected chi connectivity index (χ3v) is 4.61. The van der Waals surface area contributed by atoms with E-state index in [-0.39, 0.29) is 26.0 Å². The molecule has 0 fully saturated rings. The van der Waals surface area contributed by atoms with Crippen LogP contribution in [0.3, 0.4) is 0 Å². The minimum atomic E-state index is -1.19. The van der Waals surface area contributed by atoms with E-state index in [1.54, 1.807) is 45.0 Å². The van der Waals surface area contributed by atoms with Crippen LogP contribution in [0.4, 0.5) is 4.79 Å². The van der Waals surface area contributed by atoms with Crippen molar-refractivity contribution in [2.24, 2.45) is 0 Å². The van der Waals surface area contributed by atoms with Crippen LogP contribution in [0.15, 0.2) is 30.3 Å². The molecule has 0 aliphatic heterocycles. The molecule has 1 unspecified atom stereocenters. The van der Waals surface area contributed by atoms with Crippen molar-refractivity contribution < 1.29 is 42.9 Å². The highest BCUT2D eigenvalue weighted by Gasteiger charge is 2.31. The molecule has 1 aromatic rings. The Morgan fingerprint density at radius 3 is 2.14 bits per heavy atom. The summed E-state index contributed by atoms with van der Waals surface area (Å²) in [6.45, 7) is 4.55. The van der Waals surface area contributed by atoms with Gasteiger partial charge in [0.05, 0.1) is 13.7 Å². The van der Waals surface area contributed by atoms with E-state index in [4.69, 9.17) is 18.9 Å². The molecule has 1 rings (SSSR count). The van der Waals surface area contributed by atoms with Crippen LogP contribution in [0.25, 0.3) is 0 Å². The third kappa shape index (κ3) is 12.2. The topological polar surface area (TPSA) is 130 Å². The number of carbonyl (C=O) groups is 4. The van der Waals surface area contributed by atoms with Crippen LogP contribution in [0, 0.1) is 0 Å². The first-order valence-electron chi connectivity index (χ1n) is 11.1. The molecule has 196 valence electrons. The number of nitrogens with one attached hydrogen (secondary N) is 1.